The fraction of sp³-hybridized carbons (Fsp3) is 0.462. The average molecular weight is 288 g/mol. The van der Waals surface area contributed by atoms with Crippen molar-refractivity contribution in [1.29, 1.82) is 0 Å². The van der Waals surface area contributed by atoms with Crippen LogP contribution in [0.2, 0.25) is 5.02 Å². The largest absolute Gasteiger partial charge is 0.495 e. The van der Waals surface area contributed by atoms with E-state index in [1.165, 1.54) is 0 Å². The first kappa shape index (κ1) is 15.3. The van der Waals surface area contributed by atoms with Gasteiger partial charge in [-0.2, -0.15) is 11.8 Å². The minimum Gasteiger partial charge on any atom is -0.495 e. The third kappa shape index (κ3) is 4.88. The van der Waals surface area contributed by atoms with Crippen molar-refractivity contribution in [2.45, 2.75) is 0 Å². The van der Waals surface area contributed by atoms with E-state index in [2.05, 4.69) is 4.90 Å². The Hall–Kier alpha value is -0.710. The van der Waals surface area contributed by atoms with E-state index in [1.54, 1.807) is 37.1 Å². The molecule has 18 heavy (non-hydrogen) atoms. The van der Waals surface area contributed by atoms with E-state index in [1.807, 2.05) is 14.1 Å². The van der Waals surface area contributed by atoms with Crippen molar-refractivity contribution in [2.24, 2.45) is 0 Å². The summed E-state index contributed by atoms with van der Waals surface area (Å²) in [7, 11) is 5.59. The van der Waals surface area contributed by atoms with E-state index in [4.69, 9.17) is 16.3 Å². The number of thioether (sulfide) groups is 1. The Kier molecular flexibility index (Phi) is 6.54. The lowest BCUT2D eigenvalue weighted by molar-refractivity contribution is 0.102. The number of hydrogen-bond acceptors (Lipinski definition) is 4. The smallest absolute Gasteiger partial charge is 0.172 e. The second-order valence-corrected chi connectivity index (χ2v) is 5.64. The molecule has 0 heterocycles. The van der Waals surface area contributed by atoms with Gasteiger partial charge >= 0.3 is 0 Å². The average Bonchev–Trinajstić information content (AvgIpc) is 2.34. The van der Waals surface area contributed by atoms with Crippen molar-refractivity contribution >= 4 is 29.1 Å². The van der Waals surface area contributed by atoms with Crippen LogP contribution in [-0.2, 0) is 0 Å². The Morgan fingerprint density at radius 1 is 1.44 bits per heavy atom. The van der Waals surface area contributed by atoms with Crippen LogP contribution in [0.3, 0.4) is 0 Å². The van der Waals surface area contributed by atoms with Crippen molar-refractivity contribution in [1.82, 2.24) is 4.90 Å². The quantitative estimate of drug-likeness (QED) is 0.570. The zero-order valence-electron chi connectivity index (χ0n) is 10.9. The van der Waals surface area contributed by atoms with Crippen LogP contribution in [-0.4, -0.2) is 49.9 Å². The summed E-state index contributed by atoms with van der Waals surface area (Å²) in [6.07, 6.45) is 0. The number of ether oxygens (including phenoxy) is 1. The topological polar surface area (TPSA) is 29.5 Å². The second kappa shape index (κ2) is 7.67. The number of nitrogens with zero attached hydrogens (tertiary/aromatic N) is 1. The molecule has 0 saturated carbocycles. The van der Waals surface area contributed by atoms with Gasteiger partial charge in [0.25, 0.3) is 0 Å². The zero-order valence-corrected chi connectivity index (χ0v) is 12.5. The van der Waals surface area contributed by atoms with Gasteiger partial charge in [-0.05, 0) is 32.3 Å². The van der Waals surface area contributed by atoms with Crippen LogP contribution in [0.5, 0.6) is 5.75 Å². The van der Waals surface area contributed by atoms with Gasteiger partial charge in [0, 0.05) is 17.9 Å². The Morgan fingerprint density at radius 3 is 2.72 bits per heavy atom. The first-order valence-electron chi connectivity index (χ1n) is 5.64. The van der Waals surface area contributed by atoms with Gasteiger partial charge in [0.15, 0.2) is 5.78 Å². The molecule has 5 heteroatoms. The molecule has 0 saturated heterocycles. The number of benzene rings is 1. The summed E-state index contributed by atoms with van der Waals surface area (Å²) < 4.78 is 5.05. The van der Waals surface area contributed by atoms with Gasteiger partial charge in [-0.25, -0.2) is 0 Å². The molecule has 0 amide bonds. The number of ketones is 1. The van der Waals surface area contributed by atoms with Gasteiger partial charge in [0.2, 0.25) is 0 Å². The first-order chi connectivity index (χ1) is 8.54. The van der Waals surface area contributed by atoms with Crippen molar-refractivity contribution in [3.05, 3.63) is 28.8 Å². The van der Waals surface area contributed by atoms with Crippen molar-refractivity contribution in [2.75, 3.05) is 39.3 Å². The van der Waals surface area contributed by atoms with Gasteiger partial charge in [0.1, 0.15) is 5.75 Å². The van der Waals surface area contributed by atoms with Crippen LogP contribution in [0.4, 0.5) is 0 Å². The van der Waals surface area contributed by atoms with Crippen LogP contribution >= 0.6 is 23.4 Å². The van der Waals surface area contributed by atoms with Crippen LogP contribution in [0, 0.1) is 0 Å². The normalized spacial score (nSPS) is 10.7. The molecule has 0 aliphatic rings. The van der Waals surface area contributed by atoms with Gasteiger partial charge in [-0.3, -0.25) is 4.79 Å². The Balaban J connectivity index is 2.49. The molecule has 0 radical (unpaired) electrons. The molecule has 0 spiro atoms. The molecule has 0 atom stereocenters. The Morgan fingerprint density at radius 2 is 2.17 bits per heavy atom. The molecule has 1 rings (SSSR count). The molecule has 100 valence electrons. The highest BCUT2D eigenvalue weighted by atomic mass is 35.5. The minimum absolute atomic E-state index is 0.100. The molecule has 0 N–H and O–H groups in total. The van der Waals surface area contributed by atoms with Crippen LogP contribution < -0.4 is 4.74 Å². The second-order valence-electron chi connectivity index (χ2n) is 4.13. The number of rotatable bonds is 7. The summed E-state index contributed by atoms with van der Waals surface area (Å²) in [5, 5.41) is 0.474. The van der Waals surface area contributed by atoms with E-state index in [0.717, 1.165) is 12.3 Å². The number of carbonyl (C=O) groups excluding carboxylic acids is 1. The number of halogens is 1. The third-order valence-electron chi connectivity index (χ3n) is 2.39. The molecular formula is C13H18ClNO2S. The summed E-state index contributed by atoms with van der Waals surface area (Å²) >= 11 is 7.62. The minimum atomic E-state index is 0.100. The monoisotopic (exact) mass is 287 g/mol. The van der Waals surface area contributed by atoms with E-state index >= 15 is 0 Å². The molecule has 3 nitrogen and oxygen atoms in total. The maximum Gasteiger partial charge on any atom is 0.172 e. The first-order valence-corrected chi connectivity index (χ1v) is 7.17. The van der Waals surface area contributed by atoms with Crippen molar-refractivity contribution < 1.29 is 9.53 Å². The van der Waals surface area contributed by atoms with E-state index in [0.29, 0.717) is 22.1 Å². The molecule has 1 aromatic carbocycles. The maximum absolute atomic E-state index is 11.9. The predicted octanol–water partition coefficient (Wildman–Crippen LogP) is 2.83. The summed E-state index contributed by atoms with van der Waals surface area (Å²) in [5.41, 5.74) is 0.637. The lowest BCUT2D eigenvalue weighted by Gasteiger charge is -2.08. The number of Topliss-reactive ketones (excluding diaryl/α,β-unsaturated/α-hetero) is 1. The fourth-order valence-electron chi connectivity index (χ4n) is 1.34. The standard InChI is InChI=1S/C13H18ClNO2S/c1-15(2)6-7-18-9-12(16)10-4-5-13(17-3)11(14)8-10/h4-5,8H,6-7,9H2,1-3H3. The lowest BCUT2D eigenvalue weighted by atomic mass is 10.1. The number of hydrogen-bond donors (Lipinski definition) is 0. The van der Waals surface area contributed by atoms with E-state index in [9.17, 15) is 4.79 Å². The molecule has 0 aliphatic heterocycles. The van der Waals surface area contributed by atoms with Gasteiger partial charge in [0.05, 0.1) is 17.9 Å². The summed E-state index contributed by atoms with van der Waals surface area (Å²) in [4.78, 5) is 14.0. The van der Waals surface area contributed by atoms with Gasteiger partial charge in [-0.15, -0.1) is 0 Å². The molecule has 0 bridgehead atoms. The Labute approximate surface area is 117 Å². The highest BCUT2D eigenvalue weighted by molar-refractivity contribution is 8.00. The fourth-order valence-corrected chi connectivity index (χ4v) is 2.58. The predicted molar refractivity (Wildman–Crippen MR) is 78.2 cm³/mol. The number of methoxy groups -OCH3 is 1. The third-order valence-corrected chi connectivity index (χ3v) is 3.62. The summed E-state index contributed by atoms with van der Waals surface area (Å²) in [6, 6.07) is 5.13. The van der Waals surface area contributed by atoms with E-state index in [-0.39, 0.29) is 5.78 Å². The highest BCUT2D eigenvalue weighted by Crippen LogP contribution is 2.25. The molecular weight excluding hydrogens is 270 g/mol. The van der Waals surface area contributed by atoms with Crippen molar-refractivity contribution in [3.63, 3.8) is 0 Å². The summed E-state index contributed by atoms with van der Waals surface area (Å²) in [5.74, 6) is 2.12. The molecule has 0 unspecified atom stereocenters. The summed E-state index contributed by atoms with van der Waals surface area (Å²) in [6.45, 7) is 0.974. The van der Waals surface area contributed by atoms with Crippen LogP contribution in [0.15, 0.2) is 18.2 Å². The molecule has 0 aromatic heterocycles. The molecule has 1 aromatic rings. The van der Waals surface area contributed by atoms with Gasteiger partial charge in [-0.1, -0.05) is 11.6 Å². The molecule has 0 fully saturated rings. The lowest BCUT2D eigenvalue weighted by Crippen LogP contribution is -2.15. The molecule has 0 aliphatic carbocycles. The zero-order chi connectivity index (χ0) is 13.5. The van der Waals surface area contributed by atoms with Gasteiger partial charge < -0.3 is 9.64 Å². The van der Waals surface area contributed by atoms with Crippen molar-refractivity contribution in [3.8, 4) is 5.75 Å². The maximum atomic E-state index is 11.9. The van der Waals surface area contributed by atoms with Crippen LogP contribution in [0.1, 0.15) is 10.4 Å². The number of carbonyl (C=O) groups is 1. The SMILES string of the molecule is COc1ccc(C(=O)CSCCN(C)C)cc1Cl. The van der Waals surface area contributed by atoms with Crippen LogP contribution in [0.25, 0.3) is 0 Å². The van der Waals surface area contributed by atoms with E-state index < -0.39 is 0 Å². The Bertz CT molecular complexity index is 410. The highest BCUT2D eigenvalue weighted by Gasteiger charge is 2.09.